The molecule has 1 amide bonds. The van der Waals surface area contributed by atoms with Crippen molar-refractivity contribution in [3.63, 3.8) is 0 Å². The molecule has 3 rings (SSSR count). The van der Waals surface area contributed by atoms with Crippen LogP contribution >= 0.6 is 24.8 Å². The van der Waals surface area contributed by atoms with Crippen LogP contribution in [0.3, 0.4) is 0 Å². The summed E-state index contributed by atoms with van der Waals surface area (Å²) >= 11 is 1.01. The van der Waals surface area contributed by atoms with E-state index in [0.29, 0.717) is 10.4 Å². The van der Waals surface area contributed by atoms with Crippen LogP contribution in [-0.4, -0.2) is 33.7 Å². The predicted octanol–water partition coefficient (Wildman–Crippen LogP) is 2.47. The maximum absolute atomic E-state index is 13.4. The summed E-state index contributed by atoms with van der Waals surface area (Å²) in [6.07, 6.45) is -0.654. The van der Waals surface area contributed by atoms with E-state index in [4.69, 9.17) is 15.2 Å². The van der Waals surface area contributed by atoms with Gasteiger partial charge in [-0.2, -0.15) is 13.5 Å². The summed E-state index contributed by atoms with van der Waals surface area (Å²) in [4.78, 5) is 51.2. The van der Waals surface area contributed by atoms with Crippen LogP contribution in [0.2, 0.25) is 0 Å². The Morgan fingerprint density at radius 1 is 1.12 bits per heavy atom. The van der Waals surface area contributed by atoms with Crippen LogP contribution in [0.25, 0.3) is 10.2 Å². The number of esters is 1. The molecule has 0 radical (unpaired) electrons. The Morgan fingerprint density at radius 2 is 1.76 bits per heavy atom. The van der Waals surface area contributed by atoms with Crippen molar-refractivity contribution >= 4 is 46.9 Å². The summed E-state index contributed by atoms with van der Waals surface area (Å²) in [6, 6.07) is 9.39. The number of carbonyl (C=O) groups excluding carboxylic acids is 2. The molecule has 34 heavy (non-hydrogen) atoms. The van der Waals surface area contributed by atoms with Gasteiger partial charge in [0.2, 0.25) is 5.91 Å². The summed E-state index contributed by atoms with van der Waals surface area (Å²) in [5.74, 6) is -1.40. The number of hydrogen-bond donors (Lipinski definition) is 1. The molecule has 1 aromatic carbocycles. The van der Waals surface area contributed by atoms with Crippen molar-refractivity contribution in [3.8, 4) is 0 Å². The number of fused-ring (bicyclic) bond motifs is 1. The van der Waals surface area contributed by atoms with E-state index in [1.807, 2.05) is 44.2 Å². The second-order valence-corrected chi connectivity index (χ2v) is 8.79. The number of benzene rings is 1. The van der Waals surface area contributed by atoms with Gasteiger partial charge in [0.25, 0.3) is 5.56 Å². The third-order valence-electron chi connectivity index (χ3n) is 5.03. The number of nitrogens with two attached hydrogens (primary N) is 1. The molecule has 9 nitrogen and oxygen atoms in total. The number of primary amides is 1. The van der Waals surface area contributed by atoms with E-state index in [-0.39, 0.29) is 43.0 Å². The fraction of sp³-hybridized carbons (Fsp3) is 0.391. The van der Waals surface area contributed by atoms with E-state index in [0.717, 1.165) is 21.5 Å². The molecule has 0 aliphatic carbocycles. The van der Waals surface area contributed by atoms with Crippen molar-refractivity contribution in [2.45, 2.75) is 53.0 Å². The Balaban J connectivity index is 0.00000408. The number of aromatic nitrogens is 2. The van der Waals surface area contributed by atoms with Gasteiger partial charge in [-0.15, -0.1) is 11.3 Å². The molecule has 2 heterocycles. The van der Waals surface area contributed by atoms with Crippen molar-refractivity contribution in [3.05, 3.63) is 67.2 Å². The average molecular weight is 508 g/mol. The van der Waals surface area contributed by atoms with Gasteiger partial charge in [-0.3, -0.25) is 18.7 Å². The van der Waals surface area contributed by atoms with Gasteiger partial charge in [-0.1, -0.05) is 30.3 Å². The molecule has 0 aliphatic rings. The molecule has 0 saturated heterocycles. The molecule has 0 fully saturated rings. The highest BCUT2D eigenvalue weighted by Gasteiger charge is 2.26. The standard InChI is InChI=1S/C23H27N3O6S.H2S/c1-5-31-22(29)19-14(4)18-20(28)25(12-17(24)27)23(30)26(21(18)33-19)11-16(32-13(2)3)15-9-7-6-8-10-15;/h6-10,13,16H,5,11-12H2,1-4H3,(H2,24,27);1H2/t16-;/m1./s1. The molecule has 3 aromatic rings. The number of nitrogens with zero attached hydrogens (tertiary/aromatic N) is 2. The predicted molar refractivity (Wildman–Crippen MR) is 136 cm³/mol. The fourth-order valence-corrected chi connectivity index (χ4v) is 4.83. The molecule has 184 valence electrons. The fourth-order valence-electron chi connectivity index (χ4n) is 3.63. The van der Waals surface area contributed by atoms with Crippen LogP contribution < -0.4 is 17.0 Å². The SMILES string of the molecule is CCOC(=O)c1sc2c(c1C)c(=O)n(CC(N)=O)c(=O)n2C[C@@H](OC(C)C)c1ccccc1.S. The molecular formula is C23H29N3O6S2. The Bertz CT molecular complexity index is 1290. The lowest BCUT2D eigenvalue weighted by molar-refractivity contribution is -0.118. The number of thiophene rings is 1. The van der Waals surface area contributed by atoms with Gasteiger partial charge in [0.15, 0.2) is 0 Å². The molecular weight excluding hydrogens is 478 g/mol. The molecule has 0 unspecified atom stereocenters. The highest BCUT2D eigenvalue weighted by atomic mass is 32.1. The zero-order valence-electron chi connectivity index (χ0n) is 19.5. The molecule has 0 bridgehead atoms. The van der Waals surface area contributed by atoms with Crippen molar-refractivity contribution in [2.24, 2.45) is 5.73 Å². The van der Waals surface area contributed by atoms with Crippen LogP contribution in [0.15, 0.2) is 39.9 Å². The van der Waals surface area contributed by atoms with Crippen molar-refractivity contribution in [1.82, 2.24) is 9.13 Å². The minimum atomic E-state index is -0.823. The van der Waals surface area contributed by atoms with Crippen molar-refractivity contribution < 1.29 is 19.1 Å². The monoisotopic (exact) mass is 507 g/mol. The second-order valence-electron chi connectivity index (χ2n) is 7.79. The number of ether oxygens (including phenoxy) is 2. The minimum absolute atomic E-state index is 0. The van der Waals surface area contributed by atoms with Gasteiger partial charge >= 0.3 is 11.7 Å². The maximum atomic E-state index is 13.4. The van der Waals surface area contributed by atoms with Crippen LogP contribution in [-0.2, 0) is 27.4 Å². The summed E-state index contributed by atoms with van der Waals surface area (Å²) in [7, 11) is 0. The quantitative estimate of drug-likeness (QED) is 0.444. The third-order valence-corrected chi connectivity index (χ3v) is 6.32. The largest absolute Gasteiger partial charge is 0.462 e. The van der Waals surface area contributed by atoms with Crippen LogP contribution in [0.1, 0.15) is 47.7 Å². The Morgan fingerprint density at radius 3 is 2.32 bits per heavy atom. The lowest BCUT2D eigenvalue weighted by atomic mass is 10.1. The molecule has 11 heteroatoms. The van der Waals surface area contributed by atoms with Crippen molar-refractivity contribution in [1.29, 1.82) is 0 Å². The highest BCUT2D eigenvalue weighted by Crippen LogP contribution is 2.30. The molecule has 0 spiro atoms. The maximum Gasteiger partial charge on any atom is 0.348 e. The molecule has 0 aliphatic heterocycles. The van der Waals surface area contributed by atoms with Crippen molar-refractivity contribution in [2.75, 3.05) is 6.61 Å². The Hall–Kier alpha value is -2.89. The third kappa shape index (κ3) is 5.60. The Kier molecular flexibility index (Phi) is 9.25. The first kappa shape index (κ1) is 27.4. The first-order valence-electron chi connectivity index (χ1n) is 10.6. The van der Waals surface area contributed by atoms with E-state index in [9.17, 15) is 19.2 Å². The lowest BCUT2D eigenvalue weighted by Gasteiger charge is -2.22. The van der Waals surface area contributed by atoms with Gasteiger partial charge in [0.1, 0.15) is 22.4 Å². The zero-order chi connectivity index (χ0) is 24.3. The molecule has 1 atom stereocenters. The average Bonchev–Trinajstić information content (AvgIpc) is 3.11. The Labute approximate surface area is 207 Å². The molecule has 2 N–H and O–H groups in total. The van der Waals surface area contributed by atoms with Crippen LogP contribution in [0.4, 0.5) is 0 Å². The number of aryl methyl sites for hydroxylation is 1. The summed E-state index contributed by atoms with van der Waals surface area (Å²) < 4.78 is 13.4. The first-order valence-corrected chi connectivity index (χ1v) is 11.4. The summed E-state index contributed by atoms with van der Waals surface area (Å²) in [5.41, 5.74) is 5.17. The number of rotatable bonds is 9. The van der Waals surface area contributed by atoms with E-state index in [2.05, 4.69) is 0 Å². The normalized spacial score (nSPS) is 11.9. The number of carbonyl (C=O) groups is 2. The van der Waals surface area contributed by atoms with Crippen LogP contribution in [0, 0.1) is 6.92 Å². The lowest BCUT2D eigenvalue weighted by Crippen LogP contribution is -2.43. The van der Waals surface area contributed by atoms with Gasteiger partial charge in [0.05, 0.1) is 24.6 Å². The topological polar surface area (TPSA) is 123 Å². The number of amides is 1. The summed E-state index contributed by atoms with van der Waals surface area (Å²) in [5, 5.41) is 0.181. The minimum Gasteiger partial charge on any atom is -0.462 e. The highest BCUT2D eigenvalue weighted by molar-refractivity contribution is 7.59. The van der Waals surface area contributed by atoms with E-state index in [1.165, 1.54) is 4.57 Å². The van der Waals surface area contributed by atoms with E-state index < -0.39 is 35.8 Å². The van der Waals surface area contributed by atoms with Gasteiger partial charge in [-0.05, 0) is 38.8 Å². The van der Waals surface area contributed by atoms with E-state index >= 15 is 0 Å². The van der Waals surface area contributed by atoms with Gasteiger partial charge in [-0.25, -0.2) is 9.59 Å². The molecule has 0 saturated carbocycles. The van der Waals surface area contributed by atoms with Gasteiger partial charge < -0.3 is 15.2 Å². The summed E-state index contributed by atoms with van der Waals surface area (Å²) in [6.45, 7) is 6.74. The van der Waals surface area contributed by atoms with E-state index in [1.54, 1.807) is 13.8 Å². The van der Waals surface area contributed by atoms with Gasteiger partial charge in [0, 0.05) is 0 Å². The zero-order valence-corrected chi connectivity index (χ0v) is 21.3. The number of hydrogen-bond acceptors (Lipinski definition) is 7. The second kappa shape index (κ2) is 11.5. The first-order chi connectivity index (χ1) is 15.6. The van der Waals surface area contributed by atoms with Crippen LogP contribution in [0.5, 0.6) is 0 Å². The molecule has 2 aromatic heterocycles. The smallest absolute Gasteiger partial charge is 0.348 e.